The van der Waals surface area contributed by atoms with E-state index in [1.54, 1.807) is 0 Å². The Morgan fingerprint density at radius 2 is 1.64 bits per heavy atom. The van der Waals surface area contributed by atoms with Gasteiger partial charge in [-0.25, -0.2) is 0 Å². The van der Waals surface area contributed by atoms with Gasteiger partial charge in [0.25, 0.3) is 0 Å². The highest BCUT2D eigenvalue weighted by molar-refractivity contribution is 5.24. The summed E-state index contributed by atoms with van der Waals surface area (Å²) in [5, 5.41) is 9.79. The van der Waals surface area contributed by atoms with Crippen molar-refractivity contribution in [3.8, 4) is 0 Å². The number of aliphatic hydroxyl groups excluding tert-OH is 1. The van der Waals surface area contributed by atoms with Crippen LogP contribution in [-0.2, 0) is 0 Å². The fourth-order valence-electron chi connectivity index (χ4n) is 1.40. The van der Waals surface area contributed by atoms with E-state index in [-0.39, 0.29) is 12.0 Å². The van der Waals surface area contributed by atoms with E-state index in [0.717, 1.165) is 5.56 Å². The molecule has 78 valence electrons. The molecule has 14 heavy (non-hydrogen) atoms. The van der Waals surface area contributed by atoms with Crippen LogP contribution < -0.4 is 5.73 Å². The van der Waals surface area contributed by atoms with Crippen molar-refractivity contribution in [2.75, 3.05) is 0 Å². The van der Waals surface area contributed by atoms with E-state index in [1.165, 1.54) is 5.56 Å². The Hall–Kier alpha value is -0.860. The lowest BCUT2D eigenvalue weighted by Crippen LogP contribution is -2.30. The lowest BCUT2D eigenvalue weighted by molar-refractivity contribution is 0.0979. The lowest BCUT2D eigenvalue weighted by atomic mass is 9.94. The van der Waals surface area contributed by atoms with Gasteiger partial charge in [-0.2, -0.15) is 0 Å². The summed E-state index contributed by atoms with van der Waals surface area (Å²) < 4.78 is 0. The summed E-state index contributed by atoms with van der Waals surface area (Å²) in [5.41, 5.74) is 8.14. The average molecular weight is 193 g/mol. The van der Waals surface area contributed by atoms with Gasteiger partial charge in [0.05, 0.1) is 12.1 Å². The highest BCUT2D eigenvalue weighted by Crippen LogP contribution is 2.19. The van der Waals surface area contributed by atoms with Crippen LogP contribution in [0.2, 0.25) is 0 Å². The molecule has 1 aromatic rings. The molecule has 2 atom stereocenters. The lowest BCUT2D eigenvalue weighted by Gasteiger charge is -2.22. The van der Waals surface area contributed by atoms with Crippen LogP contribution in [0.4, 0.5) is 0 Å². The van der Waals surface area contributed by atoms with Crippen LogP contribution in [0, 0.1) is 12.8 Å². The maximum atomic E-state index is 9.79. The number of hydrogen-bond donors (Lipinski definition) is 2. The fraction of sp³-hybridized carbons (Fsp3) is 0.500. The highest BCUT2D eigenvalue weighted by atomic mass is 16.3. The second-order valence-electron chi connectivity index (χ2n) is 4.17. The Morgan fingerprint density at radius 1 is 1.14 bits per heavy atom. The summed E-state index contributed by atoms with van der Waals surface area (Å²) in [7, 11) is 0. The molecule has 0 aromatic heterocycles. The molecule has 2 nitrogen and oxygen atoms in total. The maximum absolute atomic E-state index is 9.79. The summed E-state index contributed by atoms with van der Waals surface area (Å²) in [4.78, 5) is 0. The van der Waals surface area contributed by atoms with E-state index in [4.69, 9.17) is 5.73 Å². The molecule has 0 heterocycles. The fourth-order valence-corrected chi connectivity index (χ4v) is 1.40. The molecule has 0 aliphatic rings. The van der Waals surface area contributed by atoms with Crippen molar-refractivity contribution in [2.45, 2.75) is 32.9 Å². The number of nitrogens with two attached hydrogens (primary N) is 1. The van der Waals surface area contributed by atoms with Crippen molar-refractivity contribution in [2.24, 2.45) is 11.7 Å². The van der Waals surface area contributed by atoms with Gasteiger partial charge < -0.3 is 10.8 Å². The van der Waals surface area contributed by atoms with E-state index in [2.05, 4.69) is 0 Å². The largest absolute Gasteiger partial charge is 0.391 e. The molecule has 3 N–H and O–H groups in total. The van der Waals surface area contributed by atoms with E-state index in [9.17, 15) is 5.11 Å². The van der Waals surface area contributed by atoms with Crippen molar-refractivity contribution in [1.82, 2.24) is 0 Å². The first kappa shape index (κ1) is 11.2. The Balaban J connectivity index is 2.78. The zero-order valence-electron chi connectivity index (χ0n) is 9.07. The third kappa shape index (κ3) is 2.56. The molecule has 0 saturated heterocycles. The summed E-state index contributed by atoms with van der Waals surface area (Å²) in [6.07, 6.45) is -0.474. The SMILES string of the molecule is Cc1ccc([C@H](N)[C@H](O)C(C)C)cc1. The quantitative estimate of drug-likeness (QED) is 0.771. The third-order valence-electron chi connectivity index (χ3n) is 2.51. The zero-order valence-corrected chi connectivity index (χ0v) is 9.07. The van der Waals surface area contributed by atoms with E-state index in [1.807, 2.05) is 45.0 Å². The monoisotopic (exact) mass is 193 g/mol. The van der Waals surface area contributed by atoms with Gasteiger partial charge in [0.1, 0.15) is 0 Å². The molecular weight excluding hydrogens is 174 g/mol. The van der Waals surface area contributed by atoms with E-state index < -0.39 is 6.10 Å². The summed E-state index contributed by atoms with van der Waals surface area (Å²) in [6.45, 7) is 5.98. The van der Waals surface area contributed by atoms with Crippen molar-refractivity contribution < 1.29 is 5.11 Å². The molecule has 0 unspecified atom stereocenters. The number of aliphatic hydroxyl groups is 1. The minimum atomic E-state index is -0.474. The standard InChI is InChI=1S/C12H19NO/c1-8(2)12(14)11(13)10-6-4-9(3)5-7-10/h4-8,11-12,14H,13H2,1-3H3/t11-,12+/m0/s1. The number of hydrogen-bond acceptors (Lipinski definition) is 2. The predicted molar refractivity (Wildman–Crippen MR) is 59.0 cm³/mol. The first-order valence-corrected chi connectivity index (χ1v) is 5.02. The van der Waals surface area contributed by atoms with Gasteiger partial charge in [-0.1, -0.05) is 43.7 Å². The van der Waals surface area contributed by atoms with Crippen molar-refractivity contribution in [3.63, 3.8) is 0 Å². The predicted octanol–water partition coefficient (Wildman–Crippen LogP) is 2.01. The molecule has 2 heteroatoms. The Kier molecular flexibility index (Phi) is 3.67. The smallest absolute Gasteiger partial charge is 0.0755 e. The average Bonchev–Trinajstić information content (AvgIpc) is 2.16. The Bertz CT molecular complexity index is 279. The van der Waals surface area contributed by atoms with Crippen LogP contribution in [0.1, 0.15) is 31.0 Å². The molecular formula is C12H19NO. The number of benzene rings is 1. The van der Waals surface area contributed by atoms with Crippen LogP contribution in [0.3, 0.4) is 0 Å². The van der Waals surface area contributed by atoms with Crippen molar-refractivity contribution in [3.05, 3.63) is 35.4 Å². The van der Waals surface area contributed by atoms with Gasteiger partial charge in [-0.3, -0.25) is 0 Å². The molecule has 0 radical (unpaired) electrons. The summed E-state index contributed by atoms with van der Waals surface area (Å²) in [6, 6.07) is 7.71. The number of aryl methyl sites for hydroxylation is 1. The Morgan fingerprint density at radius 3 is 2.07 bits per heavy atom. The molecule has 0 saturated carbocycles. The van der Waals surface area contributed by atoms with Gasteiger partial charge in [0, 0.05) is 0 Å². The minimum Gasteiger partial charge on any atom is -0.391 e. The van der Waals surface area contributed by atoms with Gasteiger partial charge >= 0.3 is 0 Å². The van der Waals surface area contributed by atoms with Gasteiger partial charge in [0.15, 0.2) is 0 Å². The first-order chi connectivity index (χ1) is 6.52. The van der Waals surface area contributed by atoms with Crippen molar-refractivity contribution in [1.29, 1.82) is 0 Å². The molecule has 0 spiro atoms. The normalized spacial score (nSPS) is 15.6. The second-order valence-corrected chi connectivity index (χ2v) is 4.17. The molecule has 1 rings (SSSR count). The number of rotatable bonds is 3. The topological polar surface area (TPSA) is 46.2 Å². The zero-order chi connectivity index (χ0) is 10.7. The molecule has 0 amide bonds. The van der Waals surface area contributed by atoms with Gasteiger partial charge in [-0.15, -0.1) is 0 Å². The first-order valence-electron chi connectivity index (χ1n) is 5.02. The van der Waals surface area contributed by atoms with Crippen LogP contribution in [-0.4, -0.2) is 11.2 Å². The van der Waals surface area contributed by atoms with Crippen molar-refractivity contribution >= 4 is 0 Å². The van der Waals surface area contributed by atoms with E-state index >= 15 is 0 Å². The highest BCUT2D eigenvalue weighted by Gasteiger charge is 2.19. The molecule has 0 bridgehead atoms. The van der Waals surface area contributed by atoms with Gasteiger partial charge in [-0.05, 0) is 18.4 Å². The Labute approximate surface area is 85.8 Å². The van der Waals surface area contributed by atoms with Crippen LogP contribution in [0.5, 0.6) is 0 Å². The van der Waals surface area contributed by atoms with Crippen LogP contribution in [0.25, 0.3) is 0 Å². The maximum Gasteiger partial charge on any atom is 0.0755 e. The molecule has 1 aromatic carbocycles. The van der Waals surface area contributed by atoms with Crippen LogP contribution >= 0.6 is 0 Å². The summed E-state index contributed by atoms with van der Waals surface area (Å²) >= 11 is 0. The molecule has 0 aliphatic heterocycles. The minimum absolute atomic E-state index is 0.186. The second kappa shape index (κ2) is 4.58. The van der Waals surface area contributed by atoms with E-state index in [0.29, 0.717) is 0 Å². The molecule has 0 fully saturated rings. The van der Waals surface area contributed by atoms with Gasteiger partial charge in [0.2, 0.25) is 0 Å². The van der Waals surface area contributed by atoms with Crippen LogP contribution in [0.15, 0.2) is 24.3 Å². The third-order valence-corrected chi connectivity index (χ3v) is 2.51. The summed E-state index contributed by atoms with van der Waals surface area (Å²) in [5.74, 6) is 0.186. The molecule has 0 aliphatic carbocycles.